The Kier molecular flexibility index (Phi) is 5.90. The number of rotatable bonds is 7. The van der Waals surface area contributed by atoms with Gasteiger partial charge in [-0.05, 0) is 31.4 Å². The lowest BCUT2D eigenvalue weighted by molar-refractivity contribution is 0.347. The fourth-order valence-electron chi connectivity index (χ4n) is 3.75. The number of sulfone groups is 1. The van der Waals surface area contributed by atoms with E-state index in [4.69, 9.17) is 8.94 Å². The molecule has 1 fully saturated rings. The zero-order valence-corrected chi connectivity index (χ0v) is 17.8. The van der Waals surface area contributed by atoms with E-state index >= 15 is 0 Å². The van der Waals surface area contributed by atoms with E-state index in [1.165, 1.54) is 6.21 Å². The summed E-state index contributed by atoms with van der Waals surface area (Å²) in [7, 11) is -3.26. The summed E-state index contributed by atoms with van der Waals surface area (Å²) in [5, 5.41) is 15.0. The Labute approximate surface area is 178 Å². The first-order valence-corrected chi connectivity index (χ1v) is 12.2. The molecular formula is C21H23N3O6S. The molecule has 0 bridgehead atoms. The normalized spacial score (nSPS) is 16.4. The van der Waals surface area contributed by atoms with E-state index in [0.717, 1.165) is 31.9 Å². The summed E-state index contributed by atoms with van der Waals surface area (Å²) >= 11 is 0. The minimum Gasteiger partial charge on any atom is -0.506 e. The molecule has 164 valence electrons. The topological polar surface area (TPSA) is 136 Å². The van der Waals surface area contributed by atoms with E-state index in [1.807, 2.05) is 0 Å². The molecule has 1 aliphatic carbocycles. The summed E-state index contributed by atoms with van der Waals surface area (Å²) in [6, 6.07) is 5.83. The molecule has 3 aromatic rings. The van der Waals surface area contributed by atoms with Crippen molar-refractivity contribution in [2.75, 3.05) is 12.0 Å². The quantitative estimate of drug-likeness (QED) is 0.433. The van der Waals surface area contributed by atoms with Crippen LogP contribution in [0.1, 0.15) is 61.3 Å². The van der Waals surface area contributed by atoms with Crippen LogP contribution in [0.4, 0.5) is 0 Å². The van der Waals surface area contributed by atoms with Crippen LogP contribution in [0.2, 0.25) is 0 Å². The van der Waals surface area contributed by atoms with Gasteiger partial charge >= 0.3 is 5.63 Å². The van der Waals surface area contributed by atoms with Crippen molar-refractivity contribution in [2.45, 2.75) is 44.1 Å². The lowest BCUT2D eigenvalue weighted by Crippen LogP contribution is -2.11. The Hall–Kier alpha value is -3.01. The molecule has 0 saturated heterocycles. The van der Waals surface area contributed by atoms with E-state index in [9.17, 15) is 18.3 Å². The largest absolute Gasteiger partial charge is 0.506 e. The first-order valence-electron chi connectivity index (χ1n) is 10.1. The van der Waals surface area contributed by atoms with E-state index < -0.39 is 21.5 Å². The minimum absolute atomic E-state index is 0.0985. The van der Waals surface area contributed by atoms with Crippen LogP contribution in [0.25, 0.3) is 11.0 Å². The van der Waals surface area contributed by atoms with Crippen molar-refractivity contribution in [3.63, 3.8) is 0 Å². The van der Waals surface area contributed by atoms with Crippen molar-refractivity contribution in [3.05, 3.63) is 52.0 Å². The fourth-order valence-corrected chi connectivity index (χ4v) is 4.40. The molecule has 1 aliphatic rings. The number of hydrogen-bond acceptors (Lipinski definition) is 9. The molecule has 10 heteroatoms. The van der Waals surface area contributed by atoms with E-state index in [0.29, 0.717) is 11.2 Å². The van der Waals surface area contributed by atoms with Crippen molar-refractivity contribution < 1.29 is 22.5 Å². The highest BCUT2D eigenvalue weighted by molar-refractivity contribution is 7.90. The zero-order valence-electron chi connectivity index (χ0n) is 17.0. The summed E-state index contributed by atoms with van der Waals surface area (Å²) in [6.45, 7) is 0. The average Bonchev–Trinajstić information content (AvgIpc) is 3.41. The first kappa shape index (κ1) is 21.2. The predicted molar refractivity (Wildman–Crippen MR) is 114 cm³/mol. The average molecular weight is 445 g/mol. The van der Waals surface area contributed by atoms with Crippen LogP contribution in [-0.4, -0.2) is 41.9 Å². The number of nitrogens with zero attached hydrogens (tertiary/aromatic N) is 3. The van der Waals surface area contributed by atoms with E-state index in [1.54, 1.807) is 24.3 Å². The molecule has 31 heavy (non-hydrogen) atoms. The van der Waals surface area contributed by atoms with Gasteiger partial charge in [-0.3, -0.25) is 4.99 Å². The number of fused-ring (bicyclic) bond motifs is 1. The first-order chi connectivity index (χ1) is 14.8. The lowest BCUT2D eigenvalue weighted by atomic mass is 10.1. The van der Waals surface area contributed by atoms with Gasteiger partial charge in [-0.2, -0.15) is 4.98 Å². The molecule has 0 amide bonds. The van der Waals surface area contributed by atoms with Crippen LogP contribution in [-0.2, 0) is 9.84 Å². The number of aromatic hydroxyl groups is 1. The Morgan fingerprint density at radius 3 is 2.77 bits per heavy atom. The maximum atomic E-state index is 12.3. The molecule has 0 radical (unpaired) electrons. The smallest absolute Gasteiger partial charge is 0.348 e. The molecule has 1 atom stereocenters. The third kappa shape index (κ3) is 4.84. The van der Waals surface area contributed by atoms with Crippen LogP contribution in [0.5, 0.6) is 5.75 Å². The predicted octanol–water partition coefficient (Wildman–Crippen LogP) is 3.13. The molecule has 2 heterocycles. The van der Waals surface area contributed by atoms with Gasteiger partial charge in [0.1, 0.15) is 32.8 Å². The molecule has 1 N–H and O–H groups in total. The summed E-state index contributed by atoms with van der Waals surface area (Å²) in [6.07, 6.45) is 6.61. The number of aromatic nitrogens is 2. The zero-order chi connectivity index (χ0) is 22.0. The maximum absolute atomic E-state index is 12.3. The maximum Gasteiger partial charge on any atom is 0.348 e. The highest BCUT2D eigenvalue weighted by Crippen LogP contribution is 2.33. The standard InChI is InChI=1S/C21H23N3O6S/c1-31(27,28)11-10-16(20-23-19(24-30-20)13-6-2-3-7-13)22-12-15-18(25)14-8-4-5-9-17(14)29-21(15)26/h4-5,8-9,12-13,16,25H,2-3,6-7,10-11H2,1H3. The van der Waals surface area contributed by atoms with Crippen LogP contribution in [0.15, 0.2) is 43.0 Å². The number of benzene rings is 1. The third-order valence-electron chi connectivity index (χ3n) is 5.43. The van der Waals surface area contributed by atoms with E-state index in [-0.39, 0.29) is 40.9 Å². The van der Waals surface area contributed by atoms with Crippen LogP contribution in [0, 0.1) is 0 Å². The monoisotopic (exact) mass is 445 g/mol. The van der Waals surface area contributed by atoms with Gasteiger partial charge in [0.2, 0.25) is 0 Å². The van der Waals surface area contributed by atoms with Crippen molar-refractivity contribution >= 4 is 27.0 Å². The van der Waals surface area contributed by atoms with Crippen LogP contribution in [0.3, 0.4) is 0 Å². The molecule has 2 aromatic heterocycles. The van der Waals surface area contributed by atoms with Gasteiger partial charge in [0.25, 0.3) is 5.89 Å². The van der Waals surface area contributed by atoms with Crippen molar-refractivity contribution in [3.8, 4) is 5.75 Å². The molecule has 1 aromatic carbocycles. The molecule has 9 nitrogen and oxygen atoms in total. The van der Waals surface area contributed by atoms with Gasteiger partial charge in [-0.1, -0.05) is 30.1 Å². The molecular weight excluding hydrogens is 422 g/mol. The summed E-state index contributed by atoms with van der Waals surface area (Å²) in [5.74, 6) is 0.615. The van der Waals surface area contributed by atoms with Gasteiger partial charge in [-0.25, -0.2) is 13.2 Å². The van der Waals surface area contributed by atoms with Crippen molar-refractivity contribution in [2.24, 2.45) is 4.99 Å². The van der Waals surface area contributed by atoms with Crippen molar-refractivity contribution in [1.29, 1.82) is 0 Å². The molecule has 1 saturated carbocycles. The second-order valence-electron chi connectivity index (χ2n) is 7.83. The highest BCUT2D eigenvalue weighted by atomic mass is 32.2. The van der Waals surface area contributed by atoms with Crippen LogP contribution < -0.4 is 5.63 Å². The molecule has 1 unspecified atom stereocenters. The van der Waals surface area contributed by atoms with Gasteiger partial charge in [0.15, 0.2) is 5.82 Å². The van der Waals surface area contributed by atoms with Gasteiger partial charge in [0.05, 0.1) is 11.1 Å². The summed E-state index contributed by atoms with van der Waals surface area (Å²) in [5.41, 5.74) is -0.619. The second kappa shape index (κ2) is 8.62. The van der Waals surface area contributed by atoms with Gasteiger partial charge in [-0.15, -0.1) is 0 Å². The second-order valence-corrected chi connectivity index (χ2v) is 10.1. The van der Waals surface area contributed by atoms with Gasteiger partial charge in [0, 0.05) is 18.4 Å². The Morgan fingerprint density at radius 1 is 1.29 bits per heavy atom. The number of para-hydroxylation sites is 1. The SMILES string of the molecule is CS(=O)(=O)CCC(N=Cc1c(O)c2ccccc2oc1=O)c1nc(C2CCCC2)no1. The molecule has 4 rings (SSSR count). The fraction of sp³-hybridized carbons (Fsp3) is 0.429. The third-order valence-corrected chi connectivity index (χ3v) is 6.41. The Morgan fingerprint density at radius 2 is 2.03 bits per heavy atom. The van der Waals surface area contributed by atoms with Crippen LogP contribution >= 0.6 is 0 Å². The van der Waals surface area contributed by atoms with Crippen molar-refractivity contribution in [1.82, 2.24) is 10.1 Å². The minimum atomic E-state index is -3.26. The Bertz CT molecular complexity index is 1270. The number of aliphatic imine (C=N–C) groups is 1. The van der Waals surface area contributed by atoms with E-state index in [2.05, 4.69) is 15.1 Å². The molecule has 0 aliphatic heterocycles. The summed E-state index contributed by atoms with van der Waals surface area (Å²) < 4.78 is 34.0. The summed E-state index contributed by atoms with van der Waals surface area (Å²) in [4.78, 5) is 21.1. The molecule has 0 spiro atoms. The highest BCUT2D eigenvalue weighted by Gasteiger charge is 2.26. The number of hydrogen-bond donors (Lipinski definition) is 1. The Balaban J connectivity index is 1.67. The lowest BCUT2D eigenvalue weighted by Gasteiger charge is -2.08. The van der Waals surface area contributed by atoms with Gasteiger partial charge < -0.3 is 14.0 Å².